The summed E-state index contributed by atoms with van der Waals surface area (Å²) in [6.07, 6.45) is 1.82. The standard InChI is InChI=1S/C15H21N3O/c1-19-10-9-18(8-6-16)12-13-4-5-15-14(11-13)3-2-7-17-15/h2-5,7,11H,6,8-10,12,16H2,1H3. The van der Waals surface area contributed by atoms with Gasteiger partial charge in [0.25, 0.3) is 0 Å². The lowest BCUT2D eigenvalue weighted by atomic mass is 10.1. The molecule has 1 aromatic carbocycles. The number of pyridine rings is 1. The molecule has 0 amide bonds. The Morgan fingerprint density at radius 1 is 1.26 bits per heavy atom. The first-order chi connectivity index (χ1) is 9.33. The van der Waals surface area contributed by atoms with E-state index in [1.54, 1.807) is 7.11 Å². The molecule has 0 bridgehead atoms. The fourth-order valence-electron chi connectivity index (χ4n) is 2.15. The molecule has 4 heteroatoms. The normalized spacial score (nSPS) is 11.3. The molecule has 0 spiro atoms. The molecule has 0 atom stereocenters. The van der Waals surface area contributed by atoms with E-state index in [1.807, 2.05) is 12.3 Å². The summed E-state index contributed by atoms with van der Waals surface area (Å²) < 4.78 is 5.13. The molecule has 1 aromatic heterocycles. The van der Waals surface area contributed by atoms with Gasteiger partial charge in [-0.1, -0.05) is 12.1 Å². The third kappa shape index (κ3) is 3.99. The highest BCUT2D eigenvalue weighted by Crippen LogP contribution is 2.14. The Morgan fingerprint density at radius 2 is 2.16 bits per heavy atom. The van der Waals surface area contributed by atoms with Crippen molar-refractivity contribution in [3.8, 4) is 0 Å². The number of aromatic nitrogens is 1. The van der Waals surface area contributed by atoms with E-state index in [2.05, 4.69) is 34.1 Å². The Bertz CT molecular complexity index is 515. The summed E-state index contributed by atoms with van der Waals surface area (Å²) in [4.78, 5) is 6.64. The zero-order valence-electron chi connectivity index (χ0n) is 11.4. The lowest BCUT2D eigenvalue weighted by molar-refractivity contribution is 0.146. The Morgan fingerprint density at radius 3 is 2.95 bits per heavy atom. The maximum absolute atomic E-state index is 5.65. The van der Waals surface area contributed by atoms with E-state index >= 15 is 0 Å². The highest BCUT2D eigenvalue weighted by molar-refractivity contribution is 5.78. The van der Waals surface area contributed by atoms with Crippen molar-refractivity contribution in [2.24, 2.45) is 5.73 Å². The number of ether oxygens (including phenoxy) is 1. The third-order valence-electron chi connectivity index (χ3n) is 3.13. The van der Waals surface area contributed by atoms with Crippen LogP contribution < -0.4 is 5.73 Å². The zero-order chi connectivity index (χ0) is 13.5. The van der Waals surface area contributed by atoms with Crippen molar-refractivity contribution in [1.29, 1.82) is 0 Å². The molecule has 2 aromatic rings. The predicted octanol–water partition coefficient (Wildman–Crippen LogP) is 1.64. The SMILES string of the molecule is COCCN(CCN)Cc1ccc2ncccc2c1. The van der Waals surface area contributed by atoms with Crippen LogP contribution in [-0.2, 0) is 11.3 Å². The van der Waals surface area contributed by atoms with Gasteiger partial charge in [0, 0.05) is 44.9 Å². The molecule has 102 valence electrons. The summed E-state index contributed by atoms with van der Waals surface area (Å²) in [6.45, 7) is 4.08. The molecular weight excluding hydrogens is 238 g/mol. The van der Waals surface area contributed by atoms with E-state index in [4.69, 9.17) is 10.5 Å². The topological polar surface area (TPSA) is 51.4 Å². The Balaban J connectivity index is 2.09. The van der Waals surface area contributed by atoms with Crippen molar-refractivity contribution in [2.45, 2.75) is 6.54 Å². The number of benzene rings is 1. The van der Waals surface area contributed by atoms with Crippen molar-refractivity contribution in [1.82, 2.24) is 9.88 Å². The second-order valence-corrected chi connectivity index (χ2v) is 4.59. The van der Waals surface area contributed by atoms with E-state index in [1.165, 1.54) is 10.9 Å². The maximum Gasteiger partial charge on any atom is 0.0702 e. The molecule has 0 saturated carbocycles. The van der Waals surface area contributed by atoms with Crippen LogP contribution in [0.1, 0.15) is 5.56 Å². The minimum Gasteiger partial charge on any atom is -0.383 e. The largest absolute Gasteiger partial charge is 0.383 e. The van der Waals surface area contributed by atoms with Crippen LogP contribution in [0.25, 0.3) is 10.9 Å². The number of nitrogens with zero attached hydrogens (tertiary/aromatic N) is 2. The number of nitrogens with two attached hydrogens (primary N) is 1. The van der Waals surface area contributed by atoms with Gasteiger partial charge in [-0.2, -0.15) is 0 Å². The van der Waals surface area contributed by atoms with Gasteiger partial charge < -0.3 is 10.5 Å². The van der Waals surface area contributed by atoms with Crippen molar-refractivity contribution < 1.29 is 4.74 Å². The molecule has 0 unspecified atom stereocenters. The minimum absolute atomic E-state index is 0.666. The Labute approximate surface area is 114 Å². The maximum atomic E-state index is 5.65. The molecule has 0 saturated heterocycles. The van der Waals surface area contributed by atoms with Crippen LogP contribution >= 0.6 is 0 Å². The molecule has 2 N–H and O–H groups in total. The van der Waals surface area contributed by atoms with Crippen LogP contribution in [0.3, 0.4) is 0 Å². The van der Waals surface area contributed by atoms with Crippen LogP contribution in [0.4, 0.5) is 0 Å². The molecule has 0 aliphatic rings. The highest BCUT2D eigenvalue weighted by atomic mass is 16.5. The average molecular weight is 259 g/mol. The first kappa shape index (κ1) is 13.9. The van der Waals surface area contributed by atoms with Gasteiger partial charge in [0.05, 0.1) is 12.1 Å². The number of fused-ring (bicyclic) bond motifs is 1. The van der Waals surface area contributed by atoms with Crippen molar-refractivity contribution in [2.75, 3.05) is 33.4 Å². The van der Waals surface area contributed by atoms with Gasteiger partial charge in [-0.25, -0.2) is 0 Å². The van der Waals surface area contributed by atoms with Crippen LogP contribution in [0.5, 0.6) is 0 Å². The zero-order valence-corrected chi connectivity index (χ0v) is 11.4. The number of rotatable bonds is 7. The summed E-state index contributed by atoms with van der Waals surface area (Å²) in [6, 6.07) is 10.5. The third-order valence-corrected chi connectivity index (χ3v) is 3.13. The van der Waals surface area contributed by atoms with E-state index in [0.717, 1.165) is 31.8 Å². The van der Waals surface area contributed by atoms with Gasteiger partial charge >= 0.3 is 0 Å². The second-order valence-electron chi connectivity index (χ2n) is 4.59. The van der Waals surface area contributed by atoms with Crippen molar-refractivity contribution in [3.05, 3.63) is 42.1 Å². The van der Waals surface area contributed by atoms with Gasteiger partial charge in [-0.15, -0.1) is 0 Å². The quantitative estimate of drug-likeness (QED) is 0.821. The van der Waals surface area contributed by atoms with Crippen molar-refractivity contribution >= 4 is 10.9 Å². The summed E-state index contributed by atoms with van der Waals surface area (Å²) in [7, 11) is 1.72. The molecule has 1 heterocycles. The first-order valence-electron chi connectivity index (χ1n) is 6.58. The number of hydrogen-bond donors (Lipinski definition) is 1. The molecule has 0 fully saturated rings. The van der Waals surface area contributed by atoms with Crippen LogP contribution in [0.2, 0.25) is 0 Å². The summed E-state index contributed by atoms with van der Waals surface area (Å²) in [5.74, 6) is 0. The van der Waals surface area contributed by atoms with Gasteiger partial charge in [-0.3, -0.25) is 9.88 Å². The van der Waals surface area contributed by atoms with Crippen LogP contribution in [0, 0.1) is 0 Å². The minimum atomic E-state index is 0.666. The first-order valence-corrected chi connectivity index (χ1v) is 6.58. The van der Waals surface area contributed by atoms with Crippen LogP contribution in [0.15, 0.2) is 36.5 Å². The summed E-state index contributed by atoms with van der Waals surface area (Å²) in [5.41, 5.74) is 7.97. The molecule has 2 rings (SSSR count). The lowest BCUT2D eigenvalue weighted by Crippen LogP contribution is -2.31. The van der Waals surface area contributed by atoms with Gasteiger partial charge in [0.1, 0.15) is 0 Å². The fourth-order valence-corrected chi connectivity index (χ4v) is 2.15. The smallest absolute Gasteiger partial charge is 0.0702 e. The monoisotopic (exact) mass is 259 g/mol. The highest BCUT2D eigenvalue weighted by Gasteiger charge is 2.05. The Hall–Kier alpha value is -1.49. The number of hydrogen-bond acceptors (Lipinski definition) is 4. The fraction of sp³-hybridized carbons (Fsp3) is 0.400. The van der Waals surface area contributed by atoms with Gasteiger partial charge in [-0.05, 0) is 23.8 Å². The molecular formula is C15H21N3O. The van der Waals surface area contributed by atoms with E-state index in [0.29, 0.717) is 6.54 Å². The average Bonchev–Trinajstić information content (AvgIpc) is 2.45. The second kappa shape index (κ2) is 7.19. The molecule has 0 radical (unpaired) electrons. The molecule has 0 aliphatic heterocycles. The molecule has 0 aliphatic carbocycles. The lowest BCUT2D eigenvalue weighted by Gasteiger charge is -2.21. The van der Waals surface area contributed by atoms with E-state index in [9.17, 15) is 0 Å². The molecule has 19 heavy (non-hydrogen) atoms. The summed E-state index contributed by atoms with van der Waals surface area (Å²) in [5, 5.41) is 1.18. The van der Waals surface area contributed by atoms with Crippen LogP contribution in [-0.4, -0.2) is 43.2 Å². The summed E-state index contributed by atoms with van der Waals surface area (Å²) >= 11 is 0. The van der Waals surface area contributed by atoms with E-state index < -0.39 is 0 Å². The van der Waals surface area contributed by atoms with E-state index in [-0.39, 0.29) is 0 Å². The van der Waals surface area contributed by atoms with Gasteiger partial charge in [0.2, 0.25) is 0 Å². The Kier molecular flexibility index (Phi) is 5.27. The van der Waals surface area contributed by atoms with Gasteiger partial charge in [0.15, 0.2) is 0 Å². The molecule has 4 nitrogen and oxygen atoms in total. The van der Waals surface area contributed by atoms with Crippen molar-refractivity contribution in [3.63, 3.8) is 0 Å². The number of methoxy groups -OCH3 is 1. The predicted molar refractivity (Wildman–Crippen MR) is 78.0 cm³/mol.